The number of allylic oxidation sites excluding steroid dienone is 4. The van der Waals surface area contributed by atoms with Gasteiger partial charge in [-0.2, -0.15) is 0 Å². The Balaban J connectivity index is 1.89. The Morgan fingerprint density at radius 3 is 2.56 bits per heavy atom. The van der Waals surface area contributed by atoms with Crippen LogP contribution in [0.2, 0.25) is 0 Å². The molecule has 1 saturated heterocycles. The van der Waals surface area contributed by atoms with E-state index in [2.05, 4.69) is 0 Å². The Morgan fingerprint density at radius 2 is 1.91 bits per heavy atom. The number of ketones is 2. The van der Waals surface area contributed by atoms with E-state index in [9.17, 15) is 19.8 Å². The fourth-order valence-corrected chi connectivity index (χ4v) is 4.54. The quantitative estimate of drug-likeness (QED) is 0.361. The third-order valence-corrected chi connectivity index (χ3v) is 6.56. The van der Waals surface area contributed by atoms with Crippen molar-refractivity contribution < 1.29 is 29.3 Å². The van der Waals surface area contributed by atoms with E-state index in [-0.39, 0.29) is 23.7 Å². The molecule has 1 aliphatic heterocycles. The van der Waals surface area contributed by atoms with Crippen LogP contribution >= 0.6 is 0 Å². The van der Waals surface area contributed by atoms with Gasteiger partial charge in [-0.1, -0.05) is 17.2 Å². The molecule has 6 heteroatoms. The van der Waals surface area contributed by atoms with Crippen molar-refractivity contribution in [2.24, 2.45) is 0 Å². The molecule has 0 amide bonds. The van der Waals surface area contributed by atoms with Crippen molar-refractivity contribution >= 4 is 11.6 Å². The number of benzene rings is 1. The predicted molar refractivity (Wildman–Crippen MR) is 133 cm³/mol. The number of phenolic OH excluding ortho intramolecular Hbond substituents is 1. The van der Waals surface area contributed by atoms with Gasteiger partial charge >= 0.3 is 0 Å². The summed E-state index contributed by atoms with van der Waals surface area (Å²) in [6.07, 6.45) is 5.83. The second-order valence-electron chi connectivity index (χ2n) is 10.3. The summed E-state index contributed by atoms with van der Waals surface area (Å²) in [6.45, 7) is 11.1. The number of aliphatic hydroxyl groups is 1. The lowest BCUT2D eigenvalue weighted by Gasteiger charge is -2.45. The van der Waals surface area contributed by atoms with E-state index in [0.717, 1.165) is 34.4 Å². The molecule has 0 saturated carbocycles. The molecule has 34 heavy (non-hydrogen) atoms. The number of carbonyl (C=O) groups is 2. The molecule has 0 spiro atoms. The SMILES string of the molecule is COc1c(C)cc(O)cc1C/C=C(\C)CC(=O)/C=C(/C)CCC[C@@]1(C)OC(C)(C)[C@@H](O)CC1=O. The first-order valence-corrected chi connectivity index (χ1v) is 11.9. The van der Waals surface area contributed by atoms with Crippen molar-refractivity contribution in [3.63, 3.8) is 0 Å². The molecule has 2 N–H and O–H groups in total. The van der Waals surface area contributed by atoms with Crippen LogP contribution < -0.4 is 4.74 Å². The maximum absolute atomic E-state index is 12.5. The number of hydrogen-bond donors (Lipinski definition) is 2. The largest absolute Gasteiger partial charge is 0.508 e. The molecule has 1 aromatic rings. The van der Waals surface area contributed by atoms with E-state index in [1.807, 2.05) is 26.8 Å². The Hall–Kier alpha value is -2.44. The zero-order valence-corrected chi connectivity index (χ0v) is 21.7. The van der Waals surface area contributed by atoms with Gasteiger partial charge in [-0.3, -0.25) is 9.59 Å². The van der Waals surface area contributed by atoms with E-state index in [4.69, 9.17) is 9.47 Å². The smallest absolute Gasteiger partial charge is 0.167 e. The van der Waals surface area contributed by atoms with Crippen LogP contribution in [0.5, 0.6) is 11.5 Å². The molecular formula is C28H40O6. The monoisotopic (exact) mass is 472 g/mol. The van der Waals surface area contributed by atoms with E-state index in [1.165, 1.54) is 0 Å². The van der Waals surface area contributed by atoms with Gasteiger partial charge in [0.25, 0.3) is 0 Å². The number of ether oxygens (including phenoxy) is 2. The van der Waals surface area contributed by atoms with Gasteiger partial charge in [-0.25, -0.2) is 0 Å². The zero-order valence-electron chi connectivity index (χ0n) is 21.7. The second kappa shape index (κ2) is 11.3. The average molecular weight is 473 g/mol. The fraction of sp³-hybridized carbons (Fsp3) is 0.571. The number of Topliss-reactive ketones (excluding diaryl/α,β-unsaturated/α-hetero) is 1. The predicted octanol–water partition coefficient (Wildman–Crippen LogP) is 5.16. The van der Waals surface area contributed by atoms with Gasteiger partial charge in [0.15, 0.2) is 11.6 Å². The van der Waals surface area contributed by atoms with Crippen molar-refractivity contribution in [2.45, 2.75) is 97.4 Å². The topological polar surface area (TPSA) is 93.1 Å². The molecule has 0 unspecified atom stereocenters. The van der Waals surface area contributed by atoms with Crippen LogP contribution in [-0.4, -0.2) is 46.2 Å². The summed E-state index contributed by atoms with van der Waals surface area (Å²) < 4.78 is 11.4. The zero-order chi connectivity index (χ0) is 25.7. The summed E-state index contributed by atoms with van der Waals surface area (Å²) in [6, 6.07) is 3.35. The van der Waals surface area contributed by atoms with Gasteiger partial charge in [0.05, 0.1) is 18.8 Å². The second-order valence-corrected chi connectivity index (χ2v) is 10.3. The van der Waals surface area contributed by atoms with E-state index >= 15 is 0 Å². The molecule has 2 atom stereocenters. The highest BCUT2D eigenvalue weighted by Crippen LogP contribution is 2.36. The van der Waals surface area contributed by atoms with Gasteiger partial charge in [0, 0.05) is 18.4 Å². The van der Waals surface area contributed by atoms with E-state index in [1.54, 1.807) is 46.1 Å². The fourth-order valence-electron chi connectivity index (χ4n) is 4.54. The summed E-state index contributed by atoms with van der Waals surface area (Å²) in [5, 5.41) is 19.9. The number of hydrogen-bond acceptors (Lipinski definition) is 6. The number of aromatic hydroxyl groups is 1. The first kappa shape index (κ1) is 27.8. The van der Waals surface area contributed by atoms with Crippen molar-refractivity contribution in [1.29, 1.82) is 0 Å². The Morgan fingerprint density at radius 1 is 1.24 bits per heavy atom. The van der Waals surface area contributed by atoms with E-state index < -0.39 is 17.3 Å². The van der Waals surface area contributed by atoms with Crippen molar-refractivity contribution in [2.75, 3.05) is 7.11 Å². The minimum Gasteiger partial charge on any atom is -0.508 e. The average Bonchev–Trinajstić information content (AvgIpc) is 2.70. The third kappa shape index (κ3) is 7.28. The van der Waals surface area contributed by atoms with Gasteiger partial charge in [0.2, 0.25) is 0 Å². The molecule has 1 aromatic carbocycles. The van der Waals surface area contributed by atoms with Gasteiger partial charge in [0.1, 0.15) is 17.1 Å². The summed E-state index contributed by atoms with van der Waals surface area (Å²) in [5.41, 5.74) is 2.00. The molecule has 1 aliphatic rings. The van der Waals surface area contributed by atoms with Crippen LogP contribution in [0, 0.1) is 6.92 Å². The number of aryl methyl sites for hydroxylation is 1. The first-order chi connectivity index (χ1) is 15.8. The summed E-state index contributed by atoms with van der Waals surface area (Å²) in [7, 11) is 1.61. The van der Waals surface area contributed by atoms with Gasteiger partial charge in [-0.05, 0) is 91.0 Å². The van der Waals surface area contributed by atoms with Crippen LogP contribution in [0.4, 0.5) is 0 Å². The Kier molecular flexibility index (Phi) is 9.26. The molecule has 2 rings (SSSR count). The summed E-state index contributed by atoms with van der Waals surface area (Å²) in [5.74, 6) is 0.904. The highest BCUT2D eigenvalue weighted by atomic mass is 16.5. The van der Waals surface area contributed by atoms with Crippen molar-refractivity contribution in [3.8, 4) is 11.5 Å². The number of aliphatic hydroxyl groups excluding tert-OH is 1. The molecule has 0 radical (unpaired) electrons. The molecule has 6 nitrogen and oxygen atoms in total. The highest BCUT2D eigenvalue weighted by Gasteiger charge is 2.48. The standard InChI is InChI=1S/C28H40O6/c1-18(9-8-12-28(6)25(32)17-24(31)27(4,5)34-28)13-22(29)14-19(2)10-11-21-16-23(30)15-20(3)26(21)33-7/h10,13,15-16,24,30-31H,8-9,11-12,14,17H2,1-7H3/b18-13-,19-10+/t24-,28+/m0/s1. The highest BCUT2D eigenvalue weighted by molar-refractivity contribution is 5.92. The summed E-state index contributed by atoms with van der Waals surface area (Å²) in [4.78, 5) is 25.0. The van der Waals surface area contributed by atoms with Crippen LogP contribution in [0.1, 0.15) is 77.8 Å². The number of methoxy groups -OCH3 is 1. The lowest BCUT2D eigenvalue weighted by atomic mass is 9.81. The number of rotatable bonds is 10. The number of carbonyl (C=O) groups excluding carboxylic acids is 2. The molecule has 0 aliphatic carbocycles. The Labute approximate surface area is 203 Å². The molecule has 1 heterocycles. The molecule has 188 valence electrons. The number of phenols is 1. The minimum absolute atomic E-state index is 0.0331. The summed E-state index contributed by atoms with van der Waals surface area (Å²) >= 11 is 0. The molecular weight excluding hydrogens is 432 g/mol. The molecule has 0 aromatic heterocycles. The lowest BCUT2D eigenvalue weighted by molar-refractivity contribution is -0.211. The first-order valence-electron chi connectivity index (χ1n) is 11.9. The molecule has 0 bridgehead atoms. The van der Waals surface area contributed by atoms with Gasteiger partial charge < -0.3 is 19.7 Å². The maximum Gasteiger partial charge on any atom is 0.167 e. The van der Waals surface area contributed by atoms with Crippen LogP contribution in [0.3, 0.4) is 0 Å². The van der Waals surface area contributed by atoms with E-state index in [0.29, 0.717) is 25.7 Å². The van der Waals surface area contributed by atoms with Crippen LogP contribution in [-0.2, 0) is 20.7 Å². The third-order valence-electron chi connectivity index (χ3n) is 6.56. The lowest BCUT2D eigenvalue weighted by Crippen LogP contribution is -2.57. The van der Waals surface area contributed by atoms with Crippen LogP contribution in [0.25, 0.3) is 0 Å². The van der Waals surface area contributed by atoms with Crippen molar-refractivity contribution in [3.05, 3.63) is 46.6 Å². The van der Waals surface area contributed by atoms with Gasteiger partial charge in [-0.15, -0.1) is 0 Å². The normalized spacial score (nSPS) is 23.2. The Bertz CT molecular complexity index is 971. The molecule has 1 fully saturated rings. The maximum atomic E-state index is 12.5. The minimum atomic E-state index is -0.905. The van der Waals surface area contributed by atoms with Crippen molar-refractivity contribution in [1.82, 2.24) is 0 Å². The van der Waals surface area contributed by atoms with Crippen LogP contribution in [0.15, 0.2) is 35.4 Å².